The third-order valence-electron chi connectivity index (χ3n) is 8.77. The summed E-state index contributed by atoms with van der Waals surface area (Å²) in [5, 5.41) is 0. The van der Waals surface area contributed by atoms with E-state index in [-0.39, 0.29) is 19.4 Å². The molecule has 0 unspecified atom stereocenters. The minimum absolute atomic E-state index is 0.185. The predicted molar refractivity (Wildman–Crippen MR) is 193 cm³/mol. The van der Waals surface area contributed by atoms with Crippen molar-refractivity contribution in [2.45, 2.75) is 213 Å². The zero-order valence-corrected chi connectivity index (χ0v) is 32.0. The molecule has 0 spiro atoms. The Morgan fingerprint density at radius 1 is 0.521 bits per heavy atom. The van der Waals surface area contributed by atoms with Gasteiger partial charge in [-0.2, -0.15) is 0 Å². The summed E-state index contributed by atoms with van der Waals surface area (Å²) in [6.45, 7) is 3.50. The van der Waals surface area contributed by atoms with Crippen LogP contribution in [0.25, 0.3) is 0 Å². The molecule has 0 aliphatic heterocycles. The van der Waals surface area contributed by atoms with Gasteiger partial charge in [-0.3, -0.25) is 9.59 Å². The molecule has 0 N–H and O–H groups in total. The quantitative estimate of drug-likeness (QED) is 0.0271. The molecule has 0 aliphatic carbocycles. The van der Waals surface area contributed by atoms with Gasteiger partial charge >= 0.3 is 11.9 Å². The molecule has 0 aliphatic rings. The maximum Gasteiger partial charge on any atom is 0.306 e. The number of hydrogen-bond acceptors (Lipinski definition) is 8. The van der Waals surface area contributed by atoms with Gasteiger partial charge in [0.05, 0.1) is 14.4 Å². The van der Waals surface area contributed by atoms with Gasteiger partial charge in [-0.1, -0.05) is 167 Å². The Labute approximate surface area is 295 Å². The van der Waals surface area contributed by atoms with Crippen LogP contribution in [-0.4, -0.2) is 31.3 Å². The molecule has 0 saturated heterocycles. The van der Waals surface area contributed by atoms with Gasteiger partial charge in [-0.25, -0.2) is 0 Å². The fraction of sp³-hybridized carbons (Fsp3) is 0.897. The van der Waals surface area contributed by atoms with E-state index >= 15 is 0 Å². The average Bonchev–Trinajstić information content (AvgIpc) is 3.05. The molecule has 8 nitrogen and oxygen atoms in total. The van der Waals surface area contributed by atoms with Gasteiger partial charge in [-0.05, 0) is 38.5 Å². The number of phosphoric ester groups is 1. The summed E-state index contributed by atoms with van der Waals surface area (Å²) in [4.78, 5) is 46.5. The van der Waals surface area contributed by atoms with Gasteiger partial charge < -0.3 is 28.3 Å². The number of unbranched alkanes of at least 4 members (excludes halogenated alkanes) is 25. The van der Waals surface area contributed by atoms with Crippen molar-refractivity contribution in [1.29, 1.82) is 0 Å². The Kier molecular flexibility index (Phi) is 34.7. The van der Waals surface area contributed by atoms with E-state index in [0.717, 1.165) is 51.4 Å². The lowest BCUT2D eigenvalue weighted by atomic mass is 10.0. The number of carbonyl (C=O) groups excluding carboxylic acids is 2. The van der Waals surface area contributed by atoms with E-state index in [1.807, 2.05) is 0 Å². The highest BCUT2D eigenvalue weighted by molar-refractivity contribution is 7.43. The number of rotatable bonds is 37. The summed E-state index contributed by atoms with van der Waals surface area (Å²) >= 11 is 0. The van der Waals surface area contributed by atoms with Crippen molar-refractivity contribution in [3.8, 4) is 0 Å². The normalized spacial score (nSPS) is 12.5. The van der Waals surface area contributed by atoms with Gasteiger partial charge in [0.25, 0.3) is 0 Å². The van der Waals surface area contributed by atoms with E-state index in [2.05, 4.69) is 30.5 Å². The molecule has 1 atom stereocenters. The lowest BCUT2D eigenvalue weighted by molar-refractivity contribution is -0.343. The highest BCUT2D eigenvalue weighted by atomic mass is 31.2. The smallest absolute Gasteiger partial charge is 0.306 e. The Bertz CT molecular complexity index is 797. The molecular weight excluding hydrogens is 627 g/mol. The minimum atomic E-state index is -5.25. The first-order chi connectivity index (χ1) is 23.3. The first-order valence-electron chi connectivity index (χ1n) is 19.9. The number of ether oxygens (including phenoxy) is 2. The summed E-state index contributed by atoms with van der Waals surface area (Å²) in [6.07, 6.45) is 37.4. The first-order valence-corrected chi connectivity index (χ1v) is 21.4. The molecule has 0 aromatic rings. The van der Waals surface area contributed by atoms with E-state index in [0.29, 0.717) is 12.8 Å². The van der Waals surface area contributed by atoms with Crippen molar-refractivity contribution in [2.75, 3.05) is 13.2 Å². The minimum Gasteiger partial charge on any atom is -0.790 e. The lowest BCUT2D eigenvalue weighted by Gasteiger charge is -2.30. The van der Waals surface area contributed by atoms with Crippen molar-refractivity contribution < 1.29 is 37.9 Å². The molecule has 0 fully saturated rings. The monoisotopic (exact) mass is 701 g/mol. The van der Waals surface area contributed by atoms with Crippen molar-refractivity contribution in [3.05, 3.63) is 12.2 Å². The van der Waals surface area contributed by atoms with E-state index in [1.165, 1.54) is 116 Å². The predicted octanol–water partition coefficient (Wildman–Crippen LogP) is 10.6. The third kappa shape index (κ3) is 37.6. The lowest BCUT2D eigenvalue weighted by Crippen LogP contribution is -2.31. The molecular formula is C39H73O8P-2. The third-order valence-corrected chi connectivity index (χ3v) is 9.24. The molecule has 0 radical (unpaired) electrons. The topological polar surface area (TPSA) is 125 Å². The van der Waals surface area contributed by atoms with Crippen LogP contribution in [0.4, 0.5) is 0 Å². The van der Waals surface area contributed by atoms with E-state index in [1.54, 1.807) is 0 Å². The maximum atomic E-state index is 12.3. The second-order valence-electron chi connectivity index (χ2n) is 13.6. The summed E-state index contributed by atoms with van der Waals surface area (Å²) in [5.74, 6) is -0.957. The highest BCUT2D eigenvalue weighted by Gasteiger charge is 2.18. The highest BCUT2D eigenvalue weighted by Crippen LogP contribution is 2.25. The molecule has 48 heavy (non-hydrogen) atoms. The number of allylic oxidation sites excluding steroid dienone is 2. The number of carbonyl (C=O) groups is 2. The van der Waals surface area contributed by atoms with Gasteiger partial charge in [0.15, 0.2) is 6.10 Å². The molecule has 0 bridgehead atoms. The van der Waals surface area contributed by atoms with Crippen LogP contribution in [0.5, 0.6) is 0 Å². The zero-order chi connectivity index (χ0) is 35.4. The van der Waals surface area contributed by atoms with Crippen LogP contribution in [0.3, 0.4) is 0 Å². The molecule has 0 aromatic carbocycles. The average molecular weight is 701 g/mol. The Balaban J connectivity index is 3.92. The van der Waals surface area contributed by atoms with E-state index < -0.39 is 32.5 Å². The fourth-order valence-corrected chi connectivity index (χ4v) is 6.12. The van der Waals surface area contributed by atoms with Crippen LogP contribution in [0.2, 0.25) is 0 Å². The molecule has 0 saturated carbocycles. The Morgan fingerprint density at radius 3 is 1.27 bits per heavy atom. The number of phosphoric acid groups is 1. The van der Waals surface area contributed by atoms with Gasteiger partial charge in [0.1, 0.15) is 6.61 Å². The standard InChI is InChI=1S/C39H75O8P/c1-3-5-7-9-11-13-15-17-19-21-23-25-27-29-31-33-38(40)45-35-37(36-46-48(42,43)44)47-39(41)34-32-30-28-26-24-22-20-18-16-14-12-10-8-6-4-2/h17,19,37H,3-16,18,20-36H2,1-2H3,(H2,42,43,44)/p-2/b19-17-/t37-/m1/s1. The number of hydrogen-bond donors (Lipinski definition) is 0. The van der Waals surface area contributed by atoms with E-state index in [4.69, 9.17) is 9.47 Å². The fourth-order valence-electron chi connectivity index (χ4n) is 5.77. The maximum absolute atomic E-state index is 12.3. The summed E-state index contributed by atoms with van der Waals surface area (Å²) < 4.78 is 25.8. The van der Waals surface area contributed by atoms with Crippen molar-refractivity contribution in [1.82, 2.24) is 0 Å². The molecule has 9 heteroatoms. The molecule has 0 aromatic heterocycles. The van der Waals surface area contributed by atoms with Crippen LogP contribution in [0.1, 0.15) is 206 Å². The van der Waals surface area contributed by atoms with Crippen LogP contribution in [0.15, 0.2) is 12.2 Å². The van der Waals surface area contributed by atoms with Crippen LogP contribution < -0.4 is 9.79 Å². The Hall–Kier alpha value is -1.21. The second kappa shape index (κ2) is 35.6. The molecule has 284 valence electrons. The van der Waals surface area contributed by atoms with Crippen LogP contribution in [-0.2, 0) is 28.2 Å². The van der Waals surface area contributed by atoms with Crippen LogP contribution in [0, 0.1) is 0 Å². The van der Waals surface area contributed by atoms with E-state index in [9.17, 15) is 23.9 Å². The molecule has 0 heterocycles. The van der Waals surface area contributed by atoms with Crippen molar-refractivity contribution >= 4 is 19.8 Å². The zero-order valence-electron chi connectivity index (χ0n) is 31.1. The molecule has 0 amide bonds. The van der Waals surface area contributed by atoms with Crippen molar-refractivity contribution in [2.24, 2.45) is 0 Å². The summed E-state index contributed by atoms with van der Waals surface area (Å²) in [6, 6.07) is 0. The SMILES string of the molecule is CCCCCCCC/C=C\CCCCCCCC(=O)OC[C@H](COP(=O)([O-])[O-])OC(=O)CCCCCCCCCCCCCCCCC. The second-order valence-corrected chi connectivity index (χ2v) is 14.7. The first kappa shape index (κ1) is 46.8. The Morgan fingerprint density at radius 2 is 0.875 bits per heavy atom. The number of esters is 2. The summed E-state index contributed by atoms with van der Waals surface area (Å²) in [7, 11) is -5.25. The van der Waals surface area contributed by atoms with Gasteiger partial charge in [-0.15, -0.1) is 0 Å². The van der Waals surface area contributed by atoms with Gasteiger partial charge in [0, 0.05) is 12.8 Å². The van der Waals surface area contributed by atoms with Gasteiger partial charge in [0.2, 0.25) is 0 Å². The largest absolute Gasteiger partial charge is 0.790 e. The van der Waals surface area contributed by atoms with Crippen molar-refractivity contribution in [3.63, 3.8) is 0 Å². The molecule has 0 rings (SSSR count). The van der Waals surface area contributed by atoms with Crippen LogP contribution >= 0.6 is 7.82 Å². The summed E-state index contributed by atoms with van der Waals surface area (Å²) in [5.41, 5.74) is 0.